The summed E-state index contributed by atoms with van der Waals surface area (Å²) in [6.07, 6.45) is 3.31. The van der Waals surface area contributed by atoms with Crippen molar-refractivity contribution < 1.29 is 4.79 Å². The molecular weight excluding hydrogens is 352 g/mol. The molecule has 0 radical (unpaired) electrons. The monoisotopic (exact) mass is 364 g/mol. The number of H-pyrrole nitrogens is 1. The quantitative estimate of drug-likeness (QED) is 0.479. The van der Waals surface area contributed by atoms with Crippen LogP contribution in [0.3, 0.4) is 0 Å². The highest BCUT2D eigenvalue weighted by Gasteiger charge is 2.15. The zero-order valence-corrected chi connectivity index (χ0v) is 14.1. The highest BCUT2D eigenvalue weighted by Crippen LogP contribution is 2.26. The van der Waals surface area contributed by atoms with Gasteiger partial charge in [-0.05, 0) is 30.3 Å². The number of nitrogen functional groups attached to an aromatic ring is 1. The predicted molar refractivity (Wildman–Crippen MR) is 100 cm³/mol. The van der Waals surface area contributed by atoms with E-state index in [4.69, 9.17) is 5.73 Å². The fourth-order valence-electron chi connectivity index (χ4n) is 2.51. The van der Waals surface area contributed by atoms with Gasteiger partial charge in [0.25, 0.3) is 5.91 Å². The molecule has 4 rings (SSSR count). The van der Waals surface area contributed by atoms with E-state index in [9.17, 15) is 9.59 Å². The molecule has 0 bridgehead atoms. The molecule has 4 N–H and O–H groups in total. The molecule has 0 saturated heterocycles. The largest absolute Gasteiger partial charge is 0.399 e. The van der Waals surface area contributed by atoms with Crippen LogP contribution in [-0.2, 0) is 0 Å². The number of hydrogen-bond acceptors (Lipinski definition) is 7. The number of carbonyl (C=O) groups excluding carboxylic acids is 1. The van der Waals surface area contributed by atoms with Crippen molar-refractivity contribution in [2.75, 3.05) is 11.1 Å². The van der Waals surface area contributed by atoms with Gasteiger partial charge in [-0.2, -0.15) is 0 Å². The molecule has 9 heteroatoms. The molecule has 1 amide bonds. The van der Waals surface area contributed by atoms with Gasteiger partial charge in [-0.25, -0.2) is 0 Å². The molecule has 128 valence electrons. The molecule has 0 fully saturated rings. The van der Waals surface area contributed by atoms with E-state index in [-0.39, 0.29) is 11.1 Å². The maximum atomic E-state index is 12.7. The summed E-state index contributed by atoms with van der Waals surface area (Å²) in [7, 11) is 0. The first-order chi connectivity index (χ1) is 12.6. The minimum atomic E-state index is -0.455. The van der Waals surface area contributed by atoms with Crippen LogP contribution in [0.1, 0.15) is 10.4 Å². The molecule has 0 aliphatic heterocycles. The fourth-order valence-corrected chi connectivity index (χ4v) is 3.25. The summed E-state index contributed by atoms with van der Waals surface area (Å²) in [6, 6.07) is 9.81. The molecule has 3 heterocycles. The third-order valence-corrected chi connectivity index (χ3v) is 4.57. The number of aromatic nitrogens is 4. The van der Waals surface area contributed by atoms with Gasteiger partial charge in [0.15, 0.2) is 0 Å². The first kappa shape index (κ1) is 15.9. The number of nitrogens with two attached hydrogens (primary N) is 1. The molecule has 1 aromatic carbocycles. The molecular formula is C17H12N6O2S. The lowest BCUT2D eigenvalue weighted by molar-refractivity contribution is 0.102. The minimum Gasteiger partial charge on any atom is -0.399 e. The van der Waals surface area contributed by atoms with E-state index in [0.717, 1.165) is 5.56 Å². The van der Waals surface area contributed by atoms with E-state index in [2.05, 4.69) is 25.5 Å². The Morgan fingerprint density at radius 3 is 2.73 bits per heavy atom. The van der Waals surface area contributed by atoms with Gasteiger partial charge in [0, 0.05) is 40.6 Å². The number of hydrogen-bond donors (Lipinski definition) is 3. The van der Waals surface area contributed by atoms with Crippen LogP contribution in [0.15, 0.2) is 53.6 Å². The number of rotatable bonds is 3. The third kappa shape index (κ3) is 3.03. The number of pyridine rings is 2. The standard InChI is InChI=1S/C17H12N6O2S/c18-10-1-2-13-11(7-10)12(8-14(24)20-13)15(25)21-17-23-22-16(26-17)9-3-5-19-6-4-9/h1-8H,18H2,(H,20,24)(H,21,23,25). The van der Waals surface area contributed by atoms with Gasteiger partial charge in [-0.15, -0.1) is 10.2 Å². The Balaban J connectivity index is 1.67. The van der Waals surface area contributed by atoms with E-state index in [0.29, 0.717) is 26.7 Å². The summed E-state index contributed by atoms with van der Waals surface area (Å²) in [5.74, 6) is -0.455. The van der Waals surface area contributed by atoms with Crippen molar-refractivity contribution in [3.05, 3.63) is 64.7 Å². The van der Waals surface area contributed by atoms with E-state index in [1.54, 1.807) is 42.7 Å². The van der Waals surface area contributed by atoms with Crippen LogP contribution in [0.4, 0.5) is 10.8 Å². The number of fused-ring (bicyclic) bond motifs is 1. The zero-order chi connectivity index (χ0) is 18.1. The Hall–Kier alpha value is -3.59. The fraction of sp³-hybridized carbons (Fsp3) is 0. The average molecular weight is 364 g/mol. The molecule has 4 aromatic rings. The van der Waals surface area contributed by atoms with E-state index < -0.39 is 5.91 Å². The van der Waals surface area contributed by atoms with Crippen LogP contribution in [0.5, 0.6) is 0 Å². The normalized spacial score (nSPS) is 10.8. The van der Waals surface area contributed by atoms with Crippen molar-refractivity contribution in [1.29, 1.82) is 0 Å². The van der Waals surface area contributed by atoms with Gasteiger partial charge >= 0.3 is 0 Å². The summed E-state index contributed by atoms with van der Waals surface area (Å²) in [5, 5.41) is 12.3. The van der Waals surface area contributed by atoms with Crippen molar-refractivity contribution in [2.45, 2.75) is 0 Å². The SMILES string of the molecule is Nc1ccc2[nH]c(=O)cc(C(=O)Nc3nnc(-c4ccncc4)s3)c2c1. The number of anilines is 2. The van der Waals surface area contributed by atoms with Crippen molar-refractivity contribution in [2.24, 2.45) is 0 Å². The van der Waals surface area contributed by atoms with Crippen LogP contribution >= 0.6 is 11.3 Å². The first-order valence-electron chi connectivity index (χ1n) is 7.58. The summed E-state index contributed by atoms with van der Waals surface area (Å²) < 4.78 is 0. The smallest absolute Gasteiger partial charge is 0.258 e. The van der Waals surface area contributed by atoms with E-state index >= 15 is 0 Å². The average Bonchev–Trinajstić information content (AvgIpc) is 3.10. The highest BCUT2D eigenvalue weighted by atomic mass is 32.1. The van der Waals surface area contributed by atoms with Crippen LogP contribution < -0.4 is 16.6 Å². The van der Waals surface area contributed by atoms with E-state index in [1.165, 1.54) is 17.4 Å². The summed E-state index contributed by atoms with van der Waals surface area (Å²) in [6.45, 7) is 0. The second kappa shape index (κ2) is 6.37. The van der Waals surface area contributed by atoms with Gasteiger partial charge in [0.1, 0.15) is 5.01 Å². The zero-order valence-electron chi connectivity index (χ0n) is 13.3. The molecule has 0 atom stereocenters. The number of nitrogens with zero attached hydrogens (tertiary/aromatic N) is 3. The van der Waals surface area contributed by atoms with Crippen LogP contribution in [-0.4, -0.2) is 26.1 Å². The lowest BCUT2D eigenvalue weighted by atomic mass is 10.1. The van der Waals surface area contributed by atoms with Crippen molar-refractivity contribution >= 4 is 39.0 Å². The maximum Gasteiger partial charge on any atom is 0.258 e. The summed E-state index contributed by atoms with van der Waals surface area (Å²) >= 11 is 1.23. The topological polar surface area (TPSA) is 127 Å². The van der Waals surface area contributed by atoms with Gasteiger partial charge in [-0.1, -0.05) is 11.3 Å². The number of amides is 1. The molecule has 3 aromatic heterocycles. The van der Waals surface area contributed by atoms with Crippen molar-refractivity contribution in [1.82, 2.24) is 20.2 Å². The first-order valence-corrected chi connectivity index (χ1v) is 8.39. The summed E-state index contributed by atoms with van der Waals surface area (Å²) in [4.78, 5) is 31.1. The predicted octanol–water partition coefficient (Wildman–Crippen LogP) is 2.28. The Labute approximate surface area is 150 Å². The lowest BCUT2D eigenvalue weighted by Crippen LogP contribution is -2.17. The van der Waals surface area contributed by atoms with Gasteiger partial charge in [-0.3, -0.25) is 19.9 Å². The maximum absolute atomic E-state index is 12.7. The summed E-state index contributed by atoms with van der Waals surface area (Å²) in [5.41, 5.74) is 7.53. The number of benzene rings is 1. The molecule has 0 unspecified atom stereocenters. The van der Waals surface area contributed by atoms with Gasteiger partial charge < -0.3 is 10.7 Å². The van der Waals surface area contributed by atoms with Crippen molar-refractivity contribution in [3.8, 4) is 10.6 Å². The number of aromatic amines is 1. The molecule has 8 nitrogen and oxygen atoms in total. The van der Waals surface area contributed by atoms with E-state index in [1.807, 2.05) is 0 Å². The molecule has 26 heavy (non-hydrogen) atoms. The van der Waals surface area contributed by atoms with Crippen LogP contribution in [0.25, 0.3) is 21.5 Å². The van der Waals surface area contributed by atoms with Gasteiger partial charge in [0.05, 0.1) is 5.56 Å². The van der Waals surface area contributed by atoms with Crippen molar-refractivity contribution in [3.63, 3.8) is 0 Å². The van der Waals surface area contributed by atoms with Crippen LogP contribution in [0, 0.1) is 0 Å². The lowest BCUT2D eigenvalue weighted by Gasteiger charge is -2.06. The Morgan fingerprint density at radius 2 is 1.92 bits per heavy atom. The second-order valence-electron chi connectivity index (χ2n) is 5.45. The molecule has 0 aliphatic carbocycles. The second-order valence-corrected chi connectivity index (χ2v) is 6.43. The minimum absolute atomic E-state index is 0.219. The van der Waals surface area contributed by atoms with Gasteiger partial charge in [0.2, 0.25) is 10.7 Å². The number of carbonyl (C=O) groups is 1. The molecule has 0 saturated carbocycles. The number of nitrogens with one attached hydrogen (secondary N) is 2. The van der Waals surface area contributed by atoms with Crippen LogP contribution in [0.2, 0.25) is 0 Å². The third-order valence-electron chi connectivity index (χ3n) is 3.68. The Kier molecular flexibility index (Phi) is 3.90. The highest BCUT2D eigenvalue weighted by molar-refractivity contribution is 7.18. The molecule has 0 spiro atoms. The Morgan fingerprint density at radius 1 is 1.12 bits per heavy atom. The Bertz CT molecular complexity index is 1170. The molecule has 0 aliphatic rings.